The van der Waals surface area contributed by atoms with E-state index in [1.54, 1.807) is 0 Å². The molecule has 0 aliphatic heterocycles. The van der Waals surface area contributed by atoms with Crippen molar-refractivity contribution in [2.24, 2.45) is 16.9 Å². The number of hydrogen-bond acceptors (Lipinski definition) is 2. The first kappa shape index (κ1) is 7.61. The van der Waals surface area contributed by atoms with Crippen LogP contribution in [-0.4, -0.2) is 6.04 Å². The van der Waals surface area contributed by atoms with E-state index in [1.165, 1.54) is 12.8 Å². The Labute approximate surface area is 62.3 Å². The minimum Gasteiger partial charge on any atom is -0.401 e. The summed E-state index contributed by atoms with van der Waals surface area (Å²) >= 11 is 0. The summed E-state index contributed by atoms with van der Waals surface area (Å²) in [5.74, 6) is 0. The first-order chi connectivity index (χ1) is 4.62. The Morgan fingerprint density at radius 1 is 1.70 bits per heavy atom. The lowest BCUT2D eigenvalue weighted by Crippen LogP contribution is -2.36. The van der Waals surface area contributed by atoms with Crippen LogP contribution in [0.4, 0.5) is 0 Å². The summed E-state index contributed by atoms with van der Waals surface area (Å²) in [4.78, 5) is 0. The van der Waals surface area contributed by atoms with Gasteiger partial charge in [0.1, 0.15) is 0 Å². The van der Waals surface area contributed by atoms with Crippen molar-refractivity contribution in [1.82, 2.24) is 0 Å². The largest absolute Gasteiger partial charge is 0.401 e. The highest BCUT2D eigenvalue weighted by atomic mass is 14.8. The molecule has 0 aromatic carbocycles. The quantitative estimate of drug-likeness (QED) is 0.614. The molecule has 1 unspecified atom stereocenters. The van der Waals surface area contributed by atoms with Crippen molar-refractivity contribution in [2.45, 2.75) is 32.2 Å². The maximum absolute atomic E-state index is 5.84. The highest BCUT2D eigenvalue weighted by Crippen LogP contribution is 2.51. The summed E-state index contributed by atoms with van der Waals surface area (Å²) in [6.07, 6.45) is 3.58. The van der Waals surface area contributed by atoms with E-state index in [9.17, 15) is 0 Å². The molecule has 2 nitrogen and oxygen atoms in total. The van der Waals surface area contributed by atoms with E-state index >= 15 is 0 Å². The summed E-state index contributed by atoms with van der Waals surface area (Å²) in [6.45, 7) is 5.82. The summed E-state index contributed by atoms with van der Waals surface area (Å²) < 4.78 is 0. The minimum absolute atomic E-state index is 0.0255. The van der Waals surface area contributed by atoms with Crippen molar-refractivity contribution in [1.29, 1.82) is 0 Å². The second-order valence-corrected chi connectivity index (χ2v) is 3.27. The summed E-state index contributed by atoms with van der Waals surface area (Å²) in [6, 6.07) is 0.0255. The fraction of sp³-hybridized carbons (Fsp3) is 0.750. The van der Waals surface area contributed by atoms with Gasteiger partial charge in [-0.15, -0.1) is 0 Å². The van der Waals surface area contributed by atoms with Crippen molar-refractivity contribution in [3.05, 3.63) is 12.3 Å². The molecule has 1 aliphatic carbocycles. The van der Waals surface area contributed by atoms with Gasteiger partial charge in [0, 0.05) is 11.7 Å². The van der Waals surface area contributed by atoms with Crippen LogP contribution in [0.3, 0.4) is 0 Å². The third-order valence-corrected chi connectivity index (χ3v) is 2.66. The topological polar surface area (TPSA) is 52.0 Å². The van der Waals surface area contributed by atoms with Crippen LogP contribution in [0, 0.1) is 5.41 Å². The molecule has 0 heterocycles. The van der Waals surface area contributed by atoms with Gasteiger partial charge in [-0.1, -0.05) is 13.5 Å². The smallest absolute Gasteiger partial charge is 0.0493 e. The third-order valence-electron chi connectivity index (χ3n) is 2.66. The van der Waals surface area contributed by atoms with E-state index in [-0.39, 0.29) is 6.04 Å². The molecule has 0 radical (unpaired) electrons. The van der Waals surface area contributed by atoms with Gasteiger partial charge in [-0.3, -0.25) is 0 Å². The normalized spacial score (nSPS) is 23.8. The Kier molecular flexibility index (Phi) is 1.73. The first-order valence-electron chi connectivity index (χ1n) is 3.82. The second-order valence-electron chi connectivity index (χ2n) is 3.27. The molecule has 4 N–H and O–H groups in total. The molecule has 1 atom stereocenters. The lowest BCUT2D eigenvalue weighted by molar-refractivity contribution is 0.421. The number of nitrogens with two attached hydrogens (primary N) is 2. The number of rotatable bonds is 3. The summed E-state index contributed by atoms with van der Waals surface area (Å²) in [5.41, 5.74) is 12.3. The zero-order valence-electron chi connectivity index (χ0n) is 6.56. The van der Waals surface area contributed by atoms with Crippen molar-refractivity contribution >= 4 is 0 Å². The van der Waals surface area contributed by atoms with Gasteiger partial charge in [-0.25, -0.2) is 0 Å². The molecule has 1 rings (SSSR count). The predicted octanol–water partition coefficient (Wildman–Crippen LogP) is 0.976. The third kappa shape index (κ3) is 1.03. The Morgan fingerprint density at radius 2 is 2.20 bits per heavy atom. The van der Waals surface area contributed by atoms with Crippen LogP contribution in [0.25, 0.3) is 0 Å². The maximum atomic E-state index is 5.84. The van der Waals surface area contributed by atoms with Crippen molar-refractivity contribution in [3.63, 3.8) is 0 Å². The van der Waals surface area contributed by atoms with Crippen LogP contribution in [-0.2, 0) is 0 Å². The molecule has 0 spiro atoms. The molecule has 0 amide bonds. The lowest BCUT2D eigenvalue weighted by Gasteiger charge is -2.20. The summed E-state index contributed by atoms with van der Waals surface area (Å²) in [7, 11) is 0. The van der Waals surface area contributed by atoms with E-state index in [2.05, 4.69) is 13.5 Å². The highest BCUT2D eigenvalue weighted by Gasteiger charge is 2.46. The van der Waals surface area contributed by atoms with Gasteiger partial charge in [0.25, 0.3) is 0 Å². The van der Waals surface area contributed by atoms with E-state index in [0.29, 0.717) is 11.1 Å². The van der Waals surface area contributed by atoms with Gasteiger partial charge in [-0.2, -0.15) is 0 Å². The Balaban J connectivity index is 2.55. The van der Waals surface area contributed by atoms with E-state index in [0.717, 1.165) is 6.42 Å². The second kappa shape index (κ2) is 2.27. The van der Waals surface area contributed by atoms with Crippen LogP contribution in [0.5, 0.6) is 0 Å². The van der Waals surface area contributed by atoms with Crippen LogP contribution < -0.4 is 11.5 Å². The zero-order valence-corrected chi connectivity index (χ0v) is 6.56. The zero-order chi connectivity index (χ0) is 7.78. The van der Waals surface area contributed by atoms with Gasteiger partial charge in [-0.05, 0) is 24.7 Å². The van der Waals surface area contributed by atoms with E-state index < -0.39 is 0 Å². The molecule has 10 heavy (non-hydrogen) atoms. The SMILES string of the molecule is C=C(N)C(N)C1(CC)CC1. The molecular weight excluding hydrogens is 124 g/mol. The molecule has 1 fully saturated rings. The fourth-order valence-corrected chi connectivity index (χ4v) is 1.44. The molecule has 0 aromatic rings. The van der Waals surface area contributed by atoms with Crippen molar-refractivity contribution in [3.8, 4) is 0 Å². The molecular formula is C8H16N2. The monoisotopic (exact) mass is 140 g/mol. The maximum Gasteiger partial charge on any atom is 0.0493 e. The van der Waals surface area contributed by atoms with E-state index in [4.69, 9.17) is 11.5 Å². The predicted molar refractivity (Wildman–Crippen MR) is 43.3 cm³/mol. The lowest BCUT2D eigenvalue weighted by atomic mass is 9.92. The average molecular weight is 140 g/mol. The molecule has 1 saturated carbocycles. The van der Waals surface area contributed by atoms with Gasteiger partial charge in [0.2, 0.25) is 0 Å². The average Bonchev–Trinajstić information content (AvgIpc) is 2.66. The van der Waals surface area contributed by atoms with Gasteiger partial charge in [0.05, 0.1) is 0 Å². The molecule has 2 heteroatoms. The number of hydrogen-bond donors (Lipinski definition) is 2. The van der Waals surface area contributed by atoms with Crippen molar-refractivity contribution < 1.29 is 0 Å². The first-order valence-corrected chi connectivity index (χ1v) is 3.82. The van der Waals surface area contributed by atoms with Crippen LogP contribution in [0.15, 0.2) is 12.3 Å². The minimum atomic E-state index is 0.0255. The van der Waals surface area contributed by atoms with Crippen molar-refractivity contribution in [2.75, 3.05) is 0 Å². The van der Waals surface area contributed by atoms with Crippen LogP contribution >= 0.6 is 0 Å². The van der Waals surface area contributed by atoms with Gasteiger partial charge in [0.15, 0.2) is 0 Å². The molecule has 1 aliphatic rings. The van der Waals surface area contributed by atoms with Crippen LogP contribution in [0.2, 0.25) is 0 Å². The Bertz CT molecular complexity index is 147. The Morgan fingerprint density at radius 3 is 2.30 bits per heavy atom. The molecule has 0 aromatic heterocycles. The van der Waals surface area contributed by atoms with Crippen LogP contribution in [0.1, 0.15) is 26.2 Å². The van der Waals surface area contributed by atoms with Gasteiger partial charge >= 0.3 is 0 Å². The molecule has 58 valence electrons. The standard InChI is InChI=1S/C8H16N2/c1-3-8(4-5-8)7(10)6(2)9/h7H,2-5,9-10H2,1H3. The van der Waals surface area contributed by atoms with E-state index in [1.807, 2.05) is 0 Å². The van der Waals surface area contributed by atoms with Gasteiger partial charge < -0.3 is 11.5 Å². The molecule has 0 bridgehead atoms. The Hall–Kier alpha value is -0.500. The molecule has 0 saturated heterocycles. The fourth-order valence-electron chi connectivity index (χ4n) is 1.44. The highest BCUT2D eigenvalue weighted by molar-refractivity contribution is 5.13. The summed E-state index contributed by atoms with van der Waals surface area (Å²) in [5, 5.41) is 0.